The number of aryl methyl sites for hydroxylation is 1. The molecule has 32 heavy (non-hydrogen) atoms. The van der Waals surface area contributed by atoms with E-state index < -0.39 is 0 Å². The summed E-state index contributed by atoms with van der Waals surface area (Å²) in [5.74, 6) is 0.847. The maximum Gasteiger partial charge on any atom is 0.204 e. The summed E-state index contributed by atoms with van der Waals surface area (Å²) in [6.07, 6.45) is 2.32. The first-order valence-electron chi connectivity index (χ1n) is 11.2. The lowest BCUT2D eigenvalue weighted by molar-refractivity contribution is -0.0678. The molecule has 3 aromatic rings. The Morgan fingerprint density at radius 2 is 1.97 bits per heavy atom. The van der Waals surface area contributed by atoms with Crippen molar-refractivity contribution in [3.8, 4) is 5.75 Å². The number of fused-ring (bicyclic) bond motifs is 1. The van der Waals surface area contributed by atoms with Crippen LogP contribution in [0, 0.1) is 6.92 Å². The third-order valence-electron chi connectivity index (χ3n) is 5.74. The number of ether oxygens (including phenoxy) is 1. The smallest absolute Gasteiger partial charge is 0.204 e. The van der Waals surface area contributed by atoms with Crippen molar-refractivity contribution in [1.29, 1.82) is 0 Å². The molecule has 0 saturated carbocycles. The van der Waals surface area contributed by atoms with Crippen molar-refractivity contribution in [1.82, 2.24) is 19.4 Å². The quantitative estimate of drug-likeness (QED) is 0.413. The summed E-state index contributed by atoms with van der Waals surface area (Å²) in [4.78, 5) is 23.0. The van der Waals surface area contributed by atoms with Crippen LogP contribution in [0.3, 0.4) is 0 Å². The molecule has 2 aromatic heterocycles. The molecule has 0 radical (unpaired) electrons. The first kappa shape index (κ1) is 22.2. The maximum atomic E-state index is 11.3. The summed E-state index contributed by atoms with van der Waals surface area (Å²) in [7, 11) is 0. The number of nitrogens with zero attached hydrogens (tertiary/aromatic N) is 4. The van der Waals surface area contributed by atoms with Gasteiger partial charge < -0.3 is 19.7 Å². The van der Waals surface area contributed by atoms with Gasteiger partial charge in [-0.25, -0.2) is 4.98 Å². The number of morpholine rings is 1. The highest BCUT2D eigenvalue weighted by Crippen LogP contribution is 2.25. The molecule has 1 aliphatic rings. The van der Waals surface area contributed by atoms with E-state index in [0.717, 1.165) is 55.6 Å². The molecule has 0 spiro atoms. The number of aromatic hydroxyl groups is 1. The molecular formula is C24H31N5O3. The van der Waals surface area contributed by atoms with Gasteiger partial charge in [0.15, 0.2) is 0 Å². The van der Waals surface area contributed by atoms with E-state index in [1.165, 1.54) is 0 Å². The molecule has 8 heteroatoms. The van der Waals surface area contributed by atoms with Gasteiger partial charge in [-0.1, -0.05) is 0 Å². The average molecular weight is 438 g/mol. The second kappa shape index (κ2) is 9.67. The van der Waals surface area contributed by atoms with Crippen LogP contribution in [-0.4, -0.2) is 69.2 Å². The van der Waals surface area contributed by atoms with Gasteiger partial charge >= 0.3 is 0 Å². The van der Waals surface area contributed by atoms with Crippen molar-refractivity contribution in [2.45, 2.75) is 45.9 Å². The van der Waals surface area contributed by atoms with E-state index in [4.69, 9.17) is 9.72 Å². The van der Waals surface area contributed by atoms with Gasteiger partial charge in [-0.15, -0.1) is 0 Å². The minimum Gasteiger partial charge on any atom is -0.506 e. The Morgan fingerprint density at radius 1 is 1.19 bits per heavy atom. The van der Waals surface area contributed by atoms with E-state index in [1.807, 2.05) is 23.6 Å². The van der Waals surface area contributed by atoms with E-state index >= 15 is 0 Å². The summed E-state index contributed by atoms with van der Waals surface area (Å²) in [6, 6.07) is 8.87. The number of aromatic nitrogens is 3. The Morgan fingerprint density at radius 3 is 2.72 bits per heavy atom. The van der Waals surface area contributed by atoms with Gasteiger partial charge in [-0.3, -0.25) is 14.7 Å². The molecule has 1 fully saturated rings. The lowest BCUT2D eigenvalue weighted by atomic mass is 10.2. The Kier molecular flexibility index (Phi) is 6.72. The molecule has 2 atom stereocenters. The van der Waals surface area contributed by atoms with Crippen LogP contribution in [-0.2, 0) is 11.3 Å². The van der Waals surface area contributed by atoms with Gasteiger partial charge in [0.1, 0.15) is 17.7 Å². The second-order valence-electron chi connectivity index (χ2n) is 8.60. The highest BCUT2D eigenvalue weighted by molar-refractivity contribution is 5.86. The molecule has 0 aliphatic carbocycles. The molecule has 0 unspecified atom stereocenters. The summed E-state index contributed by atoms with van der Waals surface area (Å²) < 4.78 is 7.79. The molecule has 3 heterocycles. The van der Waals surface area contributed by atoms with Gasteiger partial charge in [0.25, 0.3) is 0 Å². The zero-order valence-electron chi connectivity index (χ0n) is 18.9. The van der Waals surface area contributed by atoms with Gasteiger partial charge in [0.05, 0.1) is 29.8 Å². The largest absolute Gasteiger partial charge is 0.506 e. The number of carbonyl (C=O) groups excluding carboxylic acids is 1. The fourth-order valence-electron chi connectivity index (χ4n) is 4.35. The Hall–Kier alpha value is -2.97. The Balaban J connectivity index is 1.52. The third kappa shape index (κ3) is 5.08. The first-order chi connectivity index (χ1) is 15.4. The number of hydrogen-bond acceptors (Lipinski definition) is 7. The number of nitrogens with one attached hydrogen (secondary N) is 1. The lowest BCUT2D eigenvalue weighted by Gasteiger charge is -2.35. The number of carbonyl (C=O) groups is 1. The van der Waals surface area contributed by atoms with Crippen molar-refractivity contribution < 1.29 is 14.6 Å². The summed E-state index contributed by atoms with van der Waals surface area (Å²) in [5.41, 5.74) is 3.61. The van der Waals surface area contributed by atoms with E-state index in [9.17, 15) is 9.90 Å². The summed E-state index contributed by atoms with van der Waals surface area (Å²) in [5, 5.41) is 13.8. The second-order valence-corrected chi connectivity index (χ2v) is 8.60. The minimum atomic E-state index is 0.144. The summed E-state index contributed by atoms with van der Waals surface area (Å²) >= 11 is 0. The van der Waals surface area contributed by atoms with Crippen molar-refractivity contribution in [2.24, 2.45) is 0 Å². The van der Waals surface area contributed by atoms with Gasteiger partial charge in [-0.05, 0) is 57.5 Å². The molecule has 0 amide bonds. The predicted octanol–water partition coefficient (Wildman–Crippen LogP) is 3.22. The number of rotatable bonds is 8. The number of benzene rings is 1. The third-order valence-corrected chi connectivity index (χ3v) is 5.74. The van der Waals surface area contributed by atoms with Crippen LogP contribution in [0.2, 0.25) is 0 Å². The van der Waals surface area contributed by atoms with Gasteiger partial charge in [0, 0.05) is 37.4 Å². The molecule has 1 aliphatic heterocycles. The SMILES string of the molecule is Cc1ccc(O)c(Cn2c(NCCCN3C[C@@H](C)O[C@@H](C)C3)nc3ccc(C=O)cc32)n1. The average Bonchev–Trinajstić information content (AvgIpc) is 3.09. The fraction of sp³-hybridized carbons (Fsp3) is 0.458. The zero-order chi connectivity index (χ0) is 22.7. The molecule has 4 rings (SSSR count). The fourth-order valence-corrected chi connectivity index (χ4v) is 4.35. The highest BCUT2D eigenvalue weighted by Gasteiger charge is 2.21. The van der Waals surface area contributed by atoms with Crippen LogP contribution in [0.25, 0.3) is 11.0 Å². The van der Waals surface area contributed by atoms with E-state index in [1.54, 1.807) is 18.2 Å². The van der Waals surface area contributed by atoms with Crippen LogP contribution in [0.1, 0.15) is 42.0 Å². The molecule has 170 valence electrons. The van der Waals surface area contributed by atoms with Crippen LogP contribution in [0.5, 0.6) is 5.75 Å². The number of pyridine rings is 1. The first-order valence-corrected chi connectivity index (χ1v) is 11.2. The van der Waals surface area contributed by atoms with E-state index in [-0.39, 0.29) is 18.0 Å². The molecular weight excluding hydrogens is 406 g/mol. The van der Waals surface area contributed by atoms with Crippen LogP contribution < -0.4 is 5.32 Å². The molecule has 2 N–H and O–H groups in total. The lowest BCUT2D eigenvalue weighted by Crippen LogP contribution is -2.45. The van der Waals surface area contributed by atoms with Crippen molar-refractivity contribution in [3.63, 3.8) is 0 Å². The maximum absolute atomic E-state index is 11.3. The van der Waals surface area contributed by atoms with E-state index in [2.05, 4.69) is 29.0 Å². The van der Waals surface area contributed by atoms with Crippen LogP contribution >= 0.6 is 0 Å². The van der Waals surface area contributed by atoms with Crippen LogP contribution in [0.4, 0.5) is 5.95 Å². The summed E-state index contributed by atoms with van der Waals surface area (Å²) in [6.45, 7) is 10.1. The number of hydrogen-bond donors (Lipinski definition) is 2. The molecule has 1 aromatic carbocycles. The molecule has 8 nitrogen and oxygen atoms in total. The van der Waals surface area contributed by atoms with Crippen molar-refractivity contribution >= 4 is 23.3 Å². The predicted molar refractivity (Wildman–Crippen MR) is 124 cm³/mol. The van der Waals surface area contributed by atoms with Gasteiger partial charge in [-0.2, -0.15) is 0 Å². The number of imidazole rings is 1. The van der Waals surface area contributed by atoms with Gasteiger partial charge in [0.2, 0.25) is 5.95 Å². The van der Waals surface area contributed by atoms with Crippen molar-refractivity contribution in [2.75, 3.05) is 31.5 Å². The molecule has 0 bridgehead atoms. The normalized spacial score (nSPS) is 19.3. The van der Waals surface area contributed by atoms with Crippen molar-refractivity contribution in [3.05, 3.63) is 47.3 Å². The minimum absolute atomic E-state index is 0.144. The zero-order valence-corrected chi connectivity index (χ0v) is 18.9. The highest BCUT2D eigenvalue weighted by atomic mass is 16.5. The Bertz CT molecular complexity index is 1090. The Labute approximate surface area is 188 Å². The number of anilines is 1. The monoisotopic (exact) mass is 437 g/mol. The number of aldehydes is 1. The topological polar surface area (TPSA) is 92.5 Å². The van der Waals surface area contributed by atoms with E-state index in [0.29, 0.717) is 23.8 Å². The van der Waals surface area contributed by atoms with Crippen LogP contribution in [0.15, 0.2) is 30.3 Å². The molecule has 1 saturated heterocycles. The standard InChI is InChI=1S/C24H31N5O3/c1-16-5-8-23(31)21(26-16)14-29-22-11-19(15-30)6-7-20(22)27-24(29)25-9-4-10-28-12-17(2)32-18(3)13-28/h5-8,11,15,17-18,31H,4,9-10,12-14H2,1-3H3,(H,25,27)/t17-,18+.